The topological polar surface area (TPSA) is 55.5 Å². The number of nitrogens with zero attached hydrogens (tertiary/aromatic N) is 5. The third-order valence-corrected chi connectivity index (χ3v) is 2.57. The van der Waals surface area contributed by atoms with Crippen molar-refractivity contribution in [2.75, 3.05) is 31.1 Å². The van der Waals surface area contributed by atoms with E-state index in [4.69, 9.17) is 5.26 Å². The van der Waals surface area contributed by atoms with Gasteiger partial charge in [-0.1, -0.05) is 6.07 Å². The van der Waals surface area contributed by atoms with E-state index < -0.39 is 0 Å². The van der Waals surface area contributed by atoms with Gasteiger partial charge in [-0.2, -0.15) is 10.3 Å². The van der Waals surface area contributed by atoms with Gasteiger partial charge in [0.1, 0.15) is 12.2 Å². The summed E-state index contributed by atoms with van der Waals surface area (Å²) < 4.78 is 0. The highest BCUT2D eigenvalue weighted by Gasteiger charge is 2.15. The second-order valence-electron chi connectivity index (χ2n) is 3.56. The number of hydrogen-bond acceptors (Lipinski definition) is 4. The normalized spacial score (nSPS) is 16.4. The summed E-state index contributed by atoms with van der Waals surface area (Å²) in [5, 5.41) is 8.33. The third kappa shape index (κ3) is 2.48. The molecule has 1 aliphatic heterocycles. The van der Waals surface area contributed by atoms with Crippen molar-refractivity contribution in [1.29, 1.82) is 5.26 Å². The van der Waals surface area contributed by atoms with Crippen molar-refractivity contribution in [1.82, 2.24) is 9.88 Å². The molecule has 0 bridgehead atoms. The summed E-state index contributed by atoms with van der Waals surface area (Å²) in [5.74, 6) is 1.01. The molecule has 0 unspecified atom stereocenters. The van der Waals surface area contributed by atoms with Gasteiger partial charge in [-0.05, 0) is 12.1 Å². The molecule has 82 valence electrons. The lowest BCUT2D eigenvalue weighted by Crippen LogP contribution is -2.46. The molecule has 0 atom stereocenters. The molecule has 0 saturated carbocycles. The minimum Gasteiger partial charge on any atom is -0.358 e. The van der Waals surface area contributed by atoms with Crippen molar-refractivity contribution >= 4 is 12.2 Å². The smallest absolute Gasteiger partial charge is 0.207 e. The summed E-state index contributed by atoms with van der Waals surface area (Å²) in [5.41, 5.74) is 0. The van der Waals surface area contributed by atoms with Crippen molar-refractivity contribution in [2.24, 2.45) is 4.99 Å². The lowest BCUT2D eigenvalue weighted by Gasteiger charge is -2.34. The lowest BCUT2D eigenvalue weighted by molar-refractivity contribution is 0.394. The van der Waals surface area contributed by atoms with Gasteiger partial charge in [-0.15, -0.1) is 0 Å². The first kappa shape index (κ1) is 10.4. The Morgan fingerprint density at radius 3 is 2.75 bits per heavy atom. The zero-order valence-corrected chi connectivity index (χ0v) is 8.95. The fourth-order valence-corrected chi connectivity index (χ4v) is 1.71. The summed E-state index contributed by atoms with van der Waals surface area (Å²) >= 11 is 0. The summed E-state index contributed by atoms with van der Waals surface area (Å²) in [6, 6.07) is 5.92. The molecule has 0 spiro atoms. The highest BCUT2D eigenvalue weighted by Crippen LogP contribution is 2.11. The zero-order chi connectivity index (χ0) is 11.2. The van der Waals surface area contributed by atoms with Crippen LogP contribution in [0.4, 0.5) is 5.82 Å². The molecular formula is C11H13N5. The molecule has 2 rings (SSSR count). The van der Waals surface area contributed by atoms with E-state index >= 15 is 0 Å². The number of hydrogen-bond donors (Lipinski definition) is 0. The molecule has 2 heterocycles. The molecule has 1 aromatic heterocycles. The Balaban J connectivity index is 1.91. The third-order valence-electron chi connectivity index (χ3n) is 2.57. The van der Waals surface area contributed by atoms with Gasteiger partial charge < -0.3 is 9.80 Å². The first-order chi connectivity index (χ1) is 7.90. The fourth-order valence-electron chi connectivity index (χ4n) is 1.71. The van der Waals surface area contributed by atoms with Gasteiger partial charge in [0.05, 0.1) is 0 Å². The van der Waals surface area contributed by atoms with Gasteiger partial charge in [0.2, 0.25) is 6.19 Å². The number of aromatic nitrogens is 1. The number of piperazine rings is 1. The van der Waals surface area contributed by atoms with Crippen LogP contribution >= 0.6 is 0 Å². The number of aliphatic imine (C=N–C) groups is 1. The number of pyridine rings is 1. The van der Waals surface area contributed by atoms with E-state index in [1.54, 1.807) is 18.7 Å². The van der Waals surface area contributed by atoms with Crippen LogP contribution in [0.2, 0.25) is 0 Å². The quantitative estimate of drug-likeness (QED) is 0.414. The average molecular weight is 215 g/mol. The predicted octanol–water partition coefficient (Wildman–Crippen LogP) is 0.713. The molecule has 0 aliphatic carbocycles. The van der Waals surface area contributed by atoms with Crippen LogP contribution in [0.25, 0.3) is 0 Å². The number of rotatable bonds is 2. The minimum atomic E-state index is 0.877. The van der Waals surface area contributed by atoms with Crippen LogP contribution in [0.15, 0.2) is 29.4 Å². The fraction of sp³-hybridized carbons (Fsp3) is 0.364. The van der Waals surface area contributed by atoms with E-state index in [0.717, 1.165) is 32.0 Å². The van der Waals surface area contributed by atoms with Crippen LogP contribution in [-0.2, 0) is 0 Å². The van der Waals surface area contributed by atoms with Crippen LogP contribution in [0.1, 0.15) is 0 Å². The van der Waals surface area contributed by atoms with Crippen LogP contribution < -0.4 is 4.90 Å². The van der Waals surface area contributed by atoms with E-state index in [9.17, 15) is 0 Å². The van der Waals surface area contributed by atoms with Gasteiger partial charge >= 0.3 is 0 Å². The minimum absolute atomic E-state index is 0.877. The standard InChI is InChI=1S/C11H13N5/c12-9-13-10-15-5-7-16(8-6-15)11-3-1-2-4-14-11/h1-4,10H,5-8H2. The van der Waals surface area contributed by atoms with Crippen molar-refractivity contribution < 1.29 is 0 Å². The Morgan fingerprint density at radius 1 is 1.31 bits per heavy atom. The van der Waals surface area contributed by atoms with Gasteiger partial charge in [-0.3, -0.25) is 0 Å². The Hall–Kier alpha value is -2.09. The predicted molar refractivity (Wildman–Crippen MR) is 62.1 cm³/mol. The maximum atomic E-state index is 8.33. The summed E-state index contributed by atoms with van der Waals surface area (Å²) in [6.45, 7) is 3.58. The molecule has 5 heteroatoms. The van der Waals surface area contributed by atoms with Crippen molar-refractivity contribution in [3.63, 3.8) is 0 Å². The van der Waals surface area contributed by atoms with Crippen LogP contribution in [-0.4, -0.2) is 42.4 Å². The molecule has 1 aromatic rings. The highest BCUT2D eigenvalue weighted by atomic mass is 15.3. The average Bonchev–Trinajstić information content (AvgIpc) is 2.38. The monoisotopic (exact) mass is 215 g/mol. The number of anilines is 1. The Kier molecular flexibility index (Phi) is 3.34. The van der Waals surface area contributed by atoms with Gasteiger partial charge in [0, 0.05) is 32.4 Å². The molecule has 1 fully saturated rings. The van der Waals surface area contributed by atoms with Gasteiger partial charge in [0.15, 0.2) is 0 Å². The Morgan fingerprint density at radius 2 is 2.12 bits per heavy atom. The van der Waals surface area contributed by atoms with Crippen molar-refractivity contribution in [2.45, 2.75) is 0 Å². The zero-order valence-electron chi connectivity index (χ0n) is 8.95. The van der Waals surface area contributed by atoms with Gasteiger partial charge in [-0.25, -0.2) is 4.98 Å². The highest BCUT2D eigenvalue weighted by molar-refractivity contribution is 5.57. The maximum Gasteiger partial charge on any atom is 0.207 e. The van der Waals surface area contributed by atoms with Crippen molar-refractivity contribution in [3.05, 3.63) is 24.4 Å². The van der Waals surface area contributed by atoms with Crippen LogP contribution in [0, 0.1) is 11.5 Å². The molecule has 16 heavy (non-hydrogen) atoms. The van der Waals surface area contributed by atoms with E-state index in [1.807, 2.05) is 23.1 Å². The summed E-state index contributed by atoms with van der Waals surface area (Å²) in [7, 11) is 0. The molecule has 1 saturated heterocycles. The number of nitriles is 1. The van der Waals surface area contributed by atoms with E-state index in [0.29, 0.717) is 0 Å². The van der Waals surface area contributed by atoms with Crippen LogP contribution in [0.5, 0.6) is 0 Å². The lowest BCUT2D eigenvalue weighted by atomic mass is 10.3. The largest absolute Gasteiger partial charge is 0.358 e. The van der Waals surface area contributed by atoms with E-state index in [-0.39, 0.29) is 0 Å². The molecule has 0 radical (unpaired) electrons. The van der Waals surface area contributed by atoms with Crippen LogP contribution in [0.3, 0.4) is 0 Å². The van der Waals surface area contributed by atoms with Gasteiger partial charge in [0.25, 0.3) is 0 Å². The molecule has 0 N–H and O–H groups in total. The summed E-state index contributed by atoms with van der Waals surface area (Å²) in [4.78, 5) is 12.2. The Labute approximate surface area is 94.6 Å². The molecule has 5 nitrogen and oxygen atoms in total. The summed E-state index contributed by atoms with van der Waals surface area (Å²) in [6.07, 6.45) is 5.17. The molecule has 0 amide bonds. The first-order valence-electron chi connectivity index (χ1n) is 5.22. The first-order valence-corrected chi connectivity index (χ1v) is 5.22. The molecule has 0 aromatic carbocycles. The Bertz CT molecular complexity index is 387. The maximum absolute atomic E-state index is 8.33. The second-order valence-corrected chi connectivity index (χ2v) is 3.56. The molecular weight excluding hydrogens is 202 g/mol. The van der Waals surface area contributed by atoms with E-state index in [1.165, 1.54) is 0 Å². The molecule has 1 aliphatic rings. The van der Waals surface area contributed by atoms with Crippen molar-refractivity contribution in [3.8, 4) is 6.19 Å². The second kappa shape index (κ2) is 5.12. The SMILES string of the molecule is N#CN=CN1CCN(c2ccccn2)CC1. The van der Waals surface area contributed by atoms with E-state index in [2.05, 4.69) is 14.9 Å².